The van der Waals surface area contributed by atoms with E-state index in [1.54, 1.807) is 38.1 Å². The van der Waals surface area contributed by atoms with Crippen LogP contribution in [-0.4, -0.2) is 4.70 Å². The zero-order chi connectivity index (χ0) is 40.5. The third kappa shape index (κ3) is 14.4. The highest BCUT2D eigenvalue weighted by atomic mass is 15.2. The van der Waals surface area contributed by atoms with Crippen molar-refractivity contribution in [2.45, 2.75) is 248 Å². The lowest BCUT2D eigenvalue weighted by Crippen LogP contribution is -2.09. The maximum atomic E-state index is 12.9. The number of nitrogens with zero attached hydrogens (tertiary/aromatic N) is 2. The van der Waals surface area contributed by atoms with Crippen LogP contribution in [0.25, 0.3) is 16.9 Å². The van der Waals surface area contributed by atoms with Gasteiger partial charge in [0.1, 0.15) is 0 Å². The van der Waals surface area contributed by atoms with Crippen molar-refractivity contribution in [2.24, 2.45) is 0 Å². The molecule has 0 N–H and O–H groups in total. The Morgan fingerprint density at radius 1 is 0.321 bits per heavy atom. The van der Waals surface area contributed by atoms with E-state index < -0.39 is 0 Å². The van der Waals surface area contributed by atoms with Crippen LogP contribution in [0.15, 0.2) is 35.4 Å². The molecule has 0 amide bonds. The van der Waals surface area contributed by atoms with E-state index in [0.717, 1.165) is 75.6 Å². The summed E-state index contributed by atoms with van der Waals surface area (Å²) >= 11 is 0. The first-order valence-corrected chi connectivity index (χ1v) is 24.7. The molecule has 56 heavy (non-hydrogen) atoms. The number of allylic oxidation sites excluding steroid dienone is 2. The monoisotopic (exact) mass is 765 g/mol. The van der Waals surface area contributed by atoms with Crippen molar-refractivity contribution in [3.63, 3.8) is 0 Å². The largest absolute Gasteiger partial charge is 0.493 e. The summed E-state index contributed by atoms with van der Waals surface area (Å²) < 4.78 is 1.73. The Bertz CT molecular complexity index is 1330. The molecule has 1 aliphatic heterocycles. The maximum Gasteiger partial charge on any atom is 0.211 e. The van der Waals surface area contributed by atoms with Crippen LogP contribution in [0.3, 0.4) is 0 Å². The Hall–Kier alpha value is -2.48. The van der Waals surface area contributed by atoms with Gasteiger partial charge in [0.25, 0.3) is 0 Å². The van der Waals surface area contributed by atoms with Gasteiger partial charge in [0.05, 0.1) is 0 Å². The molecule has 0 saturated heterocycles. The predicted molar refractivity (Wildman–Crippen MR) is 249 cm³/mol. The van der Waals surface area contributed by atoms with Gasteiger partial charge in [-0.1, -0.05) is 145 Å². The fourth-order valence-corrected chi connectivity index (χ4v) is 9.26. The summed E-state index contributed by atoms with van der Waals surface area (Å²) in [6.07, 6.45) is 36.4. The maximum absolute atomic E-state index is 12.9. The number of hydrogen-bond donors (Lipinski definition) is 0. The Morgan fingerprint density at radius 2 is 0.571 bits per heavy atom. The highest BCUT2D eigenvalue weighted by Crippen LogP contribution is 2.46. The smallest absolute Gasteiger partial charge is 0.211 e. The first-order chi connectivity index (χ1) is 27.4. The molecule has 2 heteroatoms. The number of benzene rings is 2. The molecule has 2 nitrogen and oxygen atoms in total. The molecular formula is C54H88N2. The van der Waals surface area contributed by atoms with E-state index >= 15 is 0 Å². The van der Waals surface area contributed by atoms with Crippen molar-refractivity contribution in [1.29, 1.82) is 0 Å². The van der Waals surface area contributed by atoms with Crippen LogP contribution in [0.4, 0.5) is 0 Å². The lowest BCUT2D eigenvalue weighted by atomic mass is 9.86. The van der Waals surface area contributed by atoms with E-state index in [2.05, 4.69) is 79.7 Å². The van der Waals surface area contributed by atoms with Crippen LogP contribution < -0.4 is 0 Å². The Kier molecular flexibility index (Phi) is 24.0. The topological polar surface area (TPSA) is 25.3 Å². The van der Waals surface area contributed by atoms with Crippen molar-refractivity contribution < 1.29 is 4.70 Å². The van der Waals surface area contributed by atoms with E-state index in [9.17, 15) is 5.53 Å². The fraction of sp³-hybridized carbons (Fsp3) is 0.704. The second kappa shape index (κ2) is 28.0. The third-order valence-corrected chi connectivity index (χ3v) is 12.6. The molecule has 0 radical (unpaired) electrons. The van der Waals surface area contributed by atoms with E-state index in [-0.39, 0.29) is 0 Å². The van der Waals surface area contributed by atoms with Crippen LogP contribution in [0.1, 0.15) is 254 Å². The van der Waals surface area contributed by atoms with Crippen LogP contribution >= 0.6 is 0 Å². The highest BCUT2D eigenvalue weighted by Gasteiger charge is 2.36. The molecule has 1 heterocycles. The van der Waals surface area contributed by atoms with Crippen molar-refractivity contribution >= 4 is 11.4 Å². The van der Waals surface area contributed by atoms with Crippen LogP contribution in [0.2, 0.25) is 0 Å². The Balaban J connectivity index is 2.34. The summed E-state index contributed by atoms with van der Waals surface area (Å²) in [6, 6.07) is 10.2. The van der Waals surface area contributed by atoms with E-state index in [1.165, 1.54) is 151 Å². The lowest BCUT2D eigenvalue weighted by molar-refractivity contribution is -0.345. The summed E-state index contributed by atoms with van der Waals surface area (Å²) in [7, 11) is 0. The van der Waals surface area contributed by atoms with Crippen LogP contribution in [0.5, 0.6) is 0 Å². The van der Waals surface area contributed by atoms with E-state index in [4.69, 9.17) is 0 Å². The third-order valence-electron chi connectivity index (χ3n) is 12.6. The molecule has 0 spiro atoms. The number of hydrogen-bond acceptors (Lipinski definition) is 0. The first-order valence-electron chi connectivity index (χ1n) is 24.7. The molecule has 1 aliphatic rings. The quantitative estimate of drug-likeness (QED) is 0.0524. The summed E-state index contributed by atoms with van der Waals surface area (Å²) in [6.45, 7) is 18.6. The summed E-state index contributed by atoms with van der Waals surface area (Å²) in [5.41, 5.74) is 30.0. The van der Waals surface area contributed by atoms with Crippen molar-refractivity contribution in [3.8, 4) is 0 Å². The first kappa shape index (κ1) is 47.9. The number of aryl methyl sites for hydroxylation is 4. The molecule has 0 aliphatic carbocycles. The van der Waals surface area contributed by atoms with Crippen LogP contribution in [-0.2, 0) is 38.5 Å². The van der Waals surface area contributed by atoms with Gasteiger partial charge in [0, 0.05) is 22.3 Å². The highest BCUT2D eigenvalue weighted by molar-refractivity contribution is 5.83. The average molecular weight is 765 g/mol. The van der Waals surface area contributed by atoms with Crippen molar-refractivity contribution in [2.75, 3.05) is 0 Å². The van der Waals surface area contributed by atoms with Crippen molar-refractivity contribution in [3.05, 3.63) is 85.5 Å². The Morgan fingerprint density at radius 3 is 0.821 bits per heavy atom. The predicted octanol–water partition coefficient (Wildman–Crippen LogP) is 17.6. The average Bonchev–Trinajstić information content (AvgIpc) is 3.48. The van der Waals surface area contributed by atoms with E-state index in [1.807, 2.05) is 0 Å². The van der Waals surface area contributed by atoms with Gasteiger partial charge in [-0.25, -0.2) is 4.70 Å². The van der Waals surface area contributed by atoms with Gasteiger partial charge < -0.3 is 5.53 Å². The Labute approximate surface area is 348 Å². The lowest BCUT2D eigenvalue weighted by Gasteiger charge is -2.20. The summed E-state index contributed by atoms with van der Waals surface area (Å²) in [5, 5.41) is 0. The summed E-state index contributed by atoms with van der Waals surface area (Å²) in [4.78, 5) is 0. The fourth-order valence-electron chi connectivity index (χ4n) is 9.26. The number of unbranched alkanes of at least 4 members (excludes halogenated alkanes) is 14. The normalized spacial score (nSPS) is 13.2. The molecule has 3 rings (SSSR count). The minimum absolute atomic E-state index is 1.03. The van der Waals surface area contributed by atoms with E-state index in [0.29, 0.717) is 0 Å². The minimum Gasteiger partial charge on any atom is -0.493 e. The molecule has 0 saturated carbocycles. The molecule has 0 unspecified atom stereocenters. The number of rotatable bonds is 32. The second-order valence-electron chi connectivity index (χ2n) is 17.5. The zero-order valence-corrected chi connectivity index (χ0v) is 38.4. The molecule has 0 atom stereocenters. The molecular weight excluding hydrogens is 677 g/mol. The van der Waals surface area contributed by atoms with Gasteiger partial charge in [-0.15, -0.1) is 0 Å². The van der Waals surface area contributed by atoms with Gasteiger partial charge in [-0.05, 0) is 160 Å². The molecule has 0 aromatic heterocycles. The minimum atomic E-state index is 1.03. The zero-order valence-electron chi connectivity index (χ0n) is 38.4. The van der Waals surface area contributed by atoms with Crippen molar-refractivity contribution in [1.82, 2.24) is 0 Å². The van der Waals surface area contributed by atoms with Crippen LogP contribution in [0, 0.1) is 0 Å². The van der Waals surface area contributed by atoms with Gasteiger partial charge in [0.2, 0.25) is 11.4 Å². The second-order valence-corrected chi connectivity index (χ2v) is 17.5. The molecule has 0 fully saturated rings. The van der Waals surface area contributed by atoms with Gasteiger partial charge in [-0.3, -0.25) is 0 Å². The standard InChI is InChI=1S/C54H88N2/c1-9-17-25-31-43-39-47(40-44(32-26-18-10-2)49(43)37-29-21-13-5)53-51(35-23-15-7)52(36-24-16-8)54(56(53)55)48-41-45(33-27-19-11-3)50(38-30-22-14-6)46(42-48)34-28-20-12-4/h39-42H,9-38H2,1-8H3. The molecule has 314 valence electrons. The molecule has 2 aromatic rings. The molecule has 0 bridgehead atoms. The van der Waals surface area contributed by atoms with Gasteiger partial charge in [-0.2, -0.15) is 0 Å². The van der Waals surface area contributed by atoms with Gasteiger partial charge >= 0.3 is 0 Å². The summed E-state index contributed by atoms with van der Waals surface area (Å²) in [5.74, 6) is 0. The SMILES string of the molecule is CCCCCc1cc(C2=C(CCCC)C(CCCC)=C(c3cc(CCCCC)c(CCCCC)c(CCCCC)c3)[N+]2=[N-])cc(CCCCC)c1CCCCC. The molecule has 2 aromatic carbocycles. The van der Waals surface area contributed by atoms with Gasteiger partial charge in [0.15, 0.2) is 0 Å².